The summed E-state index contributed by atoms with van der Waals surface area (Å²) in [6.45, 7) is 3.19. The first kappa shape index (κ1) is 53.0. The van der Waals surface area contributed by atoms with Crippen LogP contribution in [0.15, 0.2) is 30.3 Å². The van der Waals surface area contributed by atoms with Crippen LogP contribution < -0.4 is 38.1 Å². The monoisotopic (exact) mass is 919 g/mol. The van der Waals surface area contributed by atoms with E-state index in [0.29, 0.717) is 57.2 Å². The number of benzene rings is 1. The van der Waals surface area contributed by atoms with Gasteiger partial charge in [-0.15, -0.1) is 0 Å². The van der Waals surface area contributed by atoms with Crippen LogP contribution in [0.2, 0.25) is 0 Å². The Morgan fingerprint density at radius 2 is 1.33 bits per heavy atom. The molecule has 9 atom stereocenters. The highest BCUT2D eigenvalue weighted by molar-refractivity contribution is 7.80. The van der Waals surface area contributed by atoms with E-state index in [1.807, 2.05) is 0 Å². The second-order valence-electron chi connectivity index (χ2n) is 16.2. The molecule has 12 N–H and O–H groups in total. The number of nitrogens with one attached hydrogen (secondary N) is 5. The Labute approximate surface area is 377 Å². The second-order valence-corrected chi connectivity index (χ2v) is 16.6. The lowest BCUT2D eigenvalue weighted by molar-refractivity contribution is -0.150. The summed E-state index contributed by atoms with van der Waals surface area (Å²) in [5.41, 5.74) is 12.2. The Morgan fingerprint density at radius 3 is 1.91 bits per heavy atom. The van der Waals surface area contributed by atoms with E-state index in [9.17, 15) is 58.5 Å². The van der Waals surface area contributed by atoms with Crippen LogP contribution in [0, 0.1) is 5.92 Å². The van der Waals surface area contributed by atoms with Crippen molar-refractivity contribution in [2.24, 2.45) is 17.4 Å². The number of likely N-dealkylation sites (tertiary alicyclic amines) is 2. The van der Waals surface area contributed by atoms with Gasteiger partial charge in [-0.3, -0.25) is 38.4 Å². The predicted molar refractivity (Wildman–Crippen MR) is 235 cm³/mol. The average molecular weight is 920 g/mol. The summed E-state index contributed by atoms with van der Waals surface area (Å²) in [6, 6.07) is -1.54. The summed E-state index contributed by atoms with van der Waals surface area (Å²) in [6.07, 6.45) is 1.85. The molecular weight excluding hydrogens is 855 g/mol. The first-order valence-electron chi connectivity index (χ1n) is 21.8. The molecule has 2 fully saturated rings. The molecule has 2 saturated heterocycles. The van der Waals surface area contributed by atoms with Crippen molar-refractivity contribution in [3.05, 3.63) is 35.9 Å². The number of carboxylic acid groups (broad SMARTS) is 2. The molecular formula is C42H65N9O12S. The van der Waals surface area contributed by atoms with Gasteiger partial charge < -0.3 is 63.2 Å². The van der Waals surface area contributed by atoms with Gasteiger partial charge in [-0.2, -0.15) is 12.6 Å². The number of unbranched alkanes of at least 4 members (excludes halogenated alkanes) is 1. The molecule has 0 radical (unpaired) electrons. The number of carbonyl (C=O) groups is 9. The number of carboxylic acids is 2. The molecule has 7 amide bonds. The lowest BCUT2D eigenvalue weighted by Gasteiger charge is -2.30. The largest absolute Gasteiger partial charge is 0.481 e. The fourth-order valence-electron chi connectivity index (χ4n) is 7.65. The van der Waals surface area contributed by atoms with E-state index in [0.717, 1.165) is 4.90 Å². The molecule has 3 rings (SSSR count). The van der Waals surface area contributed by atoms with Crippen LogP contribution in [0.25, 0.3) is 0 Å². The molecule has 0 bridgehead atoms. The number of amides is 7. The maximum absolute atomic E-state index is 14.0. The molecule has 2 aliphatic rings. The van der Waals surface area contributed by atoms with Crippen LogP contribution in [0.3, 0.4) is 0 Å². The average Bonchev–Trinajstić information content (AvgIpc) is 3.99. The molecule has 0 aliphatic carbocycles. The van der Waals surface area contributed by atoms with Gasteiger partial charge in [-0.25, -0.2) is 4.79 Å². The number of aliphatic carboxylic acids is 2. The molecule has 0 unspecified atom stereocenters. The van der Waals surface area contributed by atoms with Crippen molar-refractivity contribution in [1.29, 1.82) is 0 Å². The van der Waals surface area contributed by atoms with Crippen LogP contribution in [0.5, 0.6) is 0 Å². The minimum absolute atomic E-state index is 0.0743. The maximum atomic E-state index is 14.0. The van der Waals surface area contributed by atoms with E-state index in [-0.39, 0.29) is 38.0 Å². The molecule has 21 nitrogen and oxygen atoms in total. The van der Waals surface area contributed by atoms with E-state index in [1.165, 1.54) is 4.90 Å². The summed E-state index contributed by atoms with van der Waals surface area (Å²) in [5, 5.41) is 42.4. The van der Waals surface area contributed by atoms with Crippen molar-refractivity contribution in [2.75, 3.05) is 32.0 Å². The van der Waals surface area contributed by atoms with Gasteiger partial charge >= 0.3 is 11.9 Å². The Morgan fingerprint density at radius 1 is 0.750 bits per heavy atom. The third-order valence-corrected chi connectivity index (χ3v) is 11.9. The summed E-state index contributed by atoms with van der Waals surface area (Å²) >= 11 is 4.10. The standard InChI is InChI=1S/C42H65N9O12S/c1-3-24(2)34(49-35(55)27(13-7-8-18-43)45-38(58)31-14-9-19-50(31)40(60)26(44)23-64)39(59)48-30(22-52)37(57)47-29(21-25-11-5-4-6-12-25)36(56)46-28(16-17-33(53)54)41(61)51-20-10-15-32(51)42(62)63/h4-6,11-12,24,26-32,34,52,64H,3,7-10,13-23,43-44H2,1-2H3,(H,45,58)(H,46,56)(H,47,57)(H,48,59)(H,49,55)(H,53,54)(H,62,63)/t24-,26-,27-,28-,29-,30-,31-,32-,34-/m0/s1. The third-order valence-electron chi connectivity index (χ3n) is 11.5. The van der Waals surface area contributed by atoms with E-state index in [1.54, 1.807) is 44.2 Å². The zero-order valence-corrected chi connectivity index (χ0v) is 37.3. The van der Waals surface area contributed by atoms with Crippen molar-refractivity contribution in [2.45, 2.75) is 133 Å². The molecule has 22 heteroatoms. The number of nitrogens with zero attached hydrogens (tertiary/aromatic N) is 2. The first-order chi connectivity index (χ1) is 30.5. The molecule has 64 heavy (non-hydrogen) atoms. The number of nitrogens with two attached hydrogens (primary N) is 2. The summed E-state index contributed by atoms with van der Waals surface area (Å²) in [5.74, 6) is -8.30. The van der Waals surface area contributed by atoms with Crippen molar-refractivity contribution >= 4 is 65.9 Å². The van der Waals surface area contributed by atoms with E-state index in [4.69, 9.17) is 11.5 Å². The van der Waals surface area contributed by atoms with Gasteiger partial charge in [-0.05, 0) is 69.4 Å². The molecule has 0 saturated carbocycles. The van der Waals surface area contributed by atoms with Crippen molar-refractivity contribution < 1.29 is 58.5 Å². The fourth-order valence-corrected chi connectivity index (χ4v) is 7.81. The Kier molecular flexibility index (Phi) is 21.9. The number of thiol groups is 1. The van der Waals surface area contributed by atoms with Crippen LogP contribution in [0.4, 0.5) is 0 Å². The number of hydrogen-bond donors (Lipinski definition) is 11. The molecule has 0 aromatic heterocycles. The summed E-state index contributed by atoms with van der Waals surface area (Å²) in [4.78, 5) is 122. The number of rotatable bonds is 26. The van der Waals surface area contributed by atoms with Gasteiger partial charge in [-0.1, -0.05) is 50.6 Å². The smallest absolute Gasteiger partial charge is 0.326 e. The molecule has 356 valence electrons. The fraction of sp³-hybridized carbons (Fsp3) is 0.643. The van der Waals surface area contributed by atoms with Crippen LogP contribution in [-0.4, -0.2) is 159 Å². The SMILES string of the molecule is CC[C@H](C)[C@H](NC(=O)[C@H](CCCCN)NC(=O)[C@@H]1CCCN1C(=O)[C@@H](N)CS)C(=O)N[C@@H](CO)C(=O)N[C@@H](Cc1ccccc1)C(=O)N[C@@H](CCC(=O)O)C(=O)N1CCC[C@H]1C(=O)O. The normalized spacial score (nSPS) is 19.2. The van der Waals surface area contributed by atoms with Crippen LogP contribution >= 0.6 is 12.6 Å². The zero-order chi connectivity index (χ0) is 47.5. The topological polar surface area (TPSA) is 333 Å². The third kappa shape index (κ3) is 15.4. The number of hydrogen-bond acceptors (Lipinski definition) is 13. The first-order valence-corrected chi connectivity index (χ1v) is 22.4. The van der Waals surface area contributed by atoms with Crippen molar-refractivity contribution in [3.8, 4) is 0 Å². The van der Waals surface area contributed by atoms with Gasteiger partial charge in [0.05, 0.1) is 12.6 Å². The maximum Gasteiger partial charge on any atom is 0.326 e. The second kappa shape index (κ2) is 26.5. The Balaban J connectivity index is 1.82. The summed E-state index contributed by atoms with van der Waals surface area (Å²) in [7, 11) is 0. The number of aliphatic hydroxyl groups excluding tert-OH is 1. The van der Waals surface area contributed by atoms with Crippen LogP contribution in [0.1, 0.15) is 83.6 Å². The van der Waals surface area contributed by atoms with Gasteiger partial charge in [0.1, 0.15) is 42.3 Å². The molecule has 0 spiro atoms. The Hall–Kier alpha value is -5.32. The predicted octanol–water partition coefficient (Wildman–Crippen LogP) is -1.99. The number of carbonyl (C=O) groups excluding carboxylic acids is 7. The lowest BCUT2D eigenvalue weighted by Crippen LogP contribution is -2.61. The van der Waals surface area contributed by atoms with Gasteiger partial charge in [0.15, 0.2) is 0 Å². The Bertz CT molecular complexity index is 1790. The van der Waals surface area contributed by atoms with E-state index in [2.05, 4.69) is 39.2 Å². The van der Waals surface area contributed by atoms with E-state index >= 15 is 0 Å². The minimum Gasteiger partial charge on any atom is -0.481 e. The molecule has 2 heterocycles. The summed E-state index contributed by atoms with van der Waals surface area (Å²) < 4.78 is 0. The quantitative estimate of drug-likeness (QED) is 0.0354. The number of aliphatic hydroxyl groups is 1. The molecule has 1 aromatic rings. The highest BCUT2D eigenvalue weighted by Crippen LogP contribution is 2.21. The van der Waals surface area contributed by atoms with Crippen molar-refractivity contribution in [3.63, 3.8) is 0 Å². The van der Waals surface area contributed by atoms with Crippen molar-refractivity contribution in [1.82, 2.24) is 36.4 Å². The van der Waals surface area contributed by atoms with E-state index < -0.39 is 121 Å². The minimum atomic E-state index is -1.66. The highest BCUT2D eigenvalue weighted by atomic mass is 32.1. The van der Waals surface area contributed by atoms with Gasteiger partial charge in [0, 0.05) is 31.7 Å². The lowest BCUT2D eigenvalue weighted by atomic mass is 9.97. The van der Waals surface area contributed by atoms with Gasteiger partial charge in [0.25, 0.3) is 0 Å². The molecule has 2 aliphatic heterocycles. The highest BCUT2D eigenvalue weighted by Gasteiger charge is 2.40. The molecule has 1 aromatic carbocycles. The van der Waals surface area contributed by atoms with Gasteiger partial charge in [0.2, 0.25) is 41.4 Å². The van der Waals surface area contributed by atoms with Crippen LogP contribution in [-0.2, 0) is 49.6 Å². The zero-order valence-electron chi connectivity index (χ0n) is 36.4.